The molecule has 1 heterocycles. The number of hydrogen-bond donors (Lipinski definition) is 1. The molecule has 1 unspecified atom stereocenters. The first-order valence-electron chi connectivity index (χ1n) is 9.46. The number of benzene rings is 1. The summed E-state index contributed by atoms with van der Waals surface area (Å²) in [6.45, 7) is 7.14. The van der Waals surface area contributed by atoms with Gasteiger partial charge < -0.3 is 10.2 Å². The number of piperidine rings is 1. The molecule has 0 spiro atoms. The minimum Gasteiger partial charge on any atom is -0.354 e. The molecule has 0 bridgehead atoms. The number of amides is 1. The molecule has 0 saturated carbocycles. The van der Waals surface area contributed by atoms with Crippen LogP contribution in [0, 0.1) is 6.92 Å². The van der Waals surface area contributed by atoms with Crippen LogP contribution in [-0.4, -0.2) is 57.7 Å². The highest BCUT2D eigenvalue weighted by Crippen LogP contribution is 2.28. The lowest BCUT2D eigenvalue weighted by Crippen LogP contribution is -2.48. The molecule has 1 amide bonds. The molecule has 6 nitrogen and oxygen atoms in total. The lowest BCUT2D eigenvalue weighted by Gasteiger charge is -2.30. The van der Waals surface area contributed by atoms with E-state index in [0.29, 0.717) is 17.3 Å². The highest BCUT2D eigenvalue weighted by atomic mass is 35.5. The summed E-state index contributed by atoms with van der Waals surface area (Å²) in [6.07, 6.45) is 5.74. The van der Waals surface area contributed by atoms with Gasteiger partial charge in [-0.1, -0.05) is 24.1 Å². The molecule has 8 heteroatoms. The van der Waals surface area contributed by atoms with E-state index in [1.807, 2.05) is 0 Å². The summed E-state index contributed by atoms with van der Waals surface area (Å²) in [5.74, 6) is -0.307. The fourth-order valence-electron chi connectivity index (χ4n) is 3.45. The molecule has 1 N–H and O–H groups in total. The second kappa shape index (κ2) is 9.75. The van der Waals surface area contributed by atoms with E-state index in [2.05, 4.69) is 10.2 Å². The van der Waals surface area contributed by atoms with E-state index in [1.165, 1.54) is 19.3 Å². The zero-order chi connectivity index (χ0) is 20.0. The molecule has 0 radical (unpaired) electrons. The molecular weight excluding hydrogens is 386 g/mol. The summed E-state index contributed by atoms with van der Waals surface area (Å²) in [7, 11) is -3.64. The van der Waals surface area contributed by atoms with Crippen LogP contribution >= 0.6 is 11.6 Å². The average Bonchev–Trinajstić information content (AvgIpc) is 2.61. The van der Waals surface area contributed by atoms with E-state index >= 15 is 0 Å². The van der Waals surface area contributed by atoms with Gasteiger partial charge in [-0.25, -0.2) is 8.42 Å². The van der Waals surface area contributed by atoms with Crippen LogP contribution in [0.1, 0.15) is 38.2 Å². The first kappa shape index (κ1) is 22.0. The van der Waals surface area contributed by atoms with Crippen LogP contribution in [0.15, 0.2) is 18.2 Å². The van der Waals surface area contributed by atoms with Gasteiger partial charge in [0.2, 0.25) is 15.9 Å². The van der Waals surface area contributed by atoms with Crippen molar-refractivity contribution in [3.8, 4) is 0 Å². The Hall–Kier alpha value is -1.31. The number of nitrogens with one attached hydrogen (secondary N) is 1. The molecule has 1 saturated heterocycles. The Morgan fingerprint density at radius 2 is 1.96 bits per heavy atom. The van der Waals surface area contributed by atoms with Crippen LogP contribution in [0.4, 0.5) is 5.69 Å². The van der Waals surface area contributed by atoms with Gasteiger partial charge in [0.1, 0.15) is 6.04 Å². The third-order valence-corrected chi connectivity index (χ3v) is 6.36. The lowest BCUT2D eigenvalue weighted by molar-refractivity contribution is -0.121. The van der Waals surface area contributed by atoms with Gasteiger partial charge in [-0.3, -0.25) is 9.10 Å². The van der Waals surface area contributed by atoms with E-state index < -0.39 is 16.1 Å². The van der Waals surface area contributed by atoms with Crippen molar-refractivity contribution in [1.29, 1.82) is 0 Å². The molecule has 2 rings (SSSR count). The molecule has 1 aromatic rings. The van der Waals surface area contributed by atoms with Crippen molar-refractivity contribution >= 4 is 33.2 Å². The van der Waals surface area contributed by atoms with Crippen molar-refractivity contribution in [2.75, 3.05) is 36.7 Å². The van der Waals surface area contributed by atoms with E-state index in [4.69, 9.17) is 11.6 Å². The number of hydrogen-bond acceptors (Lipinski definition) is 4. The smallest absolute Gasteiger partial charge is 0.243 e. The third kappa shape index (κ3) is 6.36. The minimum absolute atomic E-state index is 0.307. The fourth-order valence-corrected chi connectivity index (χ4v) is 4.84. The quantitative estimate of drug-likeness (QED) is 0.663. The van der Waals surface area contributed by atoms with Crippen molar-refractivity contribution in [3.05, 3.63) is 28.8 Å². The Labute approximate surface area is 167 Å². The van der Waals surface area contributed by atoms with Gasteiger partial charge in [-0.15, -0.1) is 0 Å². The SMILES string of the molecule is Cc1ccc(Cl)cc1N(C(C)C(=O)NCCCN1CCCCC1)S(C)(=O)=O. The molecule has 1 aliphatic rings. The van der Waals surface area contributed by atoms with Crippen LogP contribution in [0.5, 0.6) is 0 Å². The Balaban J connectivity index is 1.99. The Morgan fingerprint density at radius 3 is 2.59 bits per heavy atom. The summed E-state index contributed by atoms with van der Waals surface area (Å²) in [4.78, 5) is 15.0. The van der Waals surface area contributed by atoms with Gasteiger partial charge in [-0.05, 0) is 70.4 Å². The molecule has 1 aliphatic heterocycles. The van der Waals surface area contributed by atoms with E-state index in [-0.39, 0.29) is 5.91 Å². The summed E-state index contributed by atoms with van der Waals surface area (Å²) in [5, 5.41) is 3.30. The van der Waals surface area contributed by atoms with Crippen molar-refractivity contribution in [1.82, 2.24) is 10.2 Å². The second-order valence-corrected chi connectivity index (χ2v) is 9.51. The van der Waals surface area contributed by atoms with Gasteiger partial charge in [0, 0.05) is 11.6 Å². The second-order valence-electron chi connectivity index (χ2n) is 7.21. The molecule has 1 fully saturated rings. The average molecular weight is 416 g/mol. The number of carbonyl (C=O) groups is 1. The lowest BCUT2D eigenvalue weighted by atomic mass is 10.1. The van der Waals surface area contributed by atoms with E-state index in [1.54, 1.807) is 32.0 Å². The molecule has 0 aliphatic carbocycles. The maximum Gasteiger partial charge on any atom is 0.243 e. The van der Waals surface area contributed by atoms with E-state index in [0.717, 1.165) is 42.2 Å². The van der Waals surface area contributed by atoms with Crippen LogP contribution in [0.2, 0.25) is 5.02 Å². The van der Waals surface area contributed by atoms with Gasteiger partial charge in [0.05, 0.1) is 11.9 Å². The van der Waals surface area contributed by atoms with Gasteiger partial charge >= 0.3 is 0 Å². The van der Waals surface area contributed by atoms with E-state index in [9.17, 15) is 13.2 Å². The molecular formula is C19H30ClN3O3S. The predicted octanol–water partition coefficient (Wildman–Crippen LogP) is 2.80. The summed E-state index contributed by atoms with van der Waals surface area (Å²) in [5.41, 5.74) is 1.18. The van der Waals surface area contributed by atoms with Crippen LogP contribution in [0.3, 0.4) is 0 Å². The number of likely N-dealkylation sites (tertiary alicyclic amines) is 1. The van der Waals surface area contributed by atoms with Crippen molar-refractivity contribution in [2.45, 2.75) is 45.6 Å². The van der Waals surface area contributed by atoms with Gasteiger partial charge in [0.15, 0.2) is 0 Å². The number of aryl methyl sites for hydroxylation is 1. The minimum atomic E-state index is -3.64. The topological polar surface area (TPSA) is 69.7 Å². The van der Waals surface area contributed by atoms with Gasteiger partial charge in [-0.2, -0.15) is 0 Å². The maximum absolute atomic E-state index is 12.6. The first-order chi connectivity index (χ1) is 12.7. The largest absolute Gasteiger partial charge is 0.354 e. The van der Waals surface area contributed by atoms with Crippen molar-refractivity contribution in [3.63, 3.8) is 0 Å². The number of nitrogens with zero attached hydrogens (tertiary/aromatic N) is 2. The van der Waals surface area contributed by atoms with Crippen LogP contribution < -0.4 is 9.62 Å². The summed E-state index contributed by atoms with van der Waals surface area (Å²) in [6, 6.07) is 4.18. The monoisotopic (exact) mass is 415 g/mol. The zero-order valence-electron chi connectivity index (χ0n) is 16.4. The number of carbonyl (C=O) groups excluding carboxylic acids is 1. The van der Waals surface area contributed by atoms with Crippen LogP contribution in [-0.2, 0) is 14.8 Å². The standard InChI is InChI=1S/C19H30ClN3O3S/c1-15-8-9-17(20)14-18(15)23(27(3,25)26)16(2)19(24)21-10-7-13-22-11-5-4-6-12-22/h8-9,14,16H,4-7,10-13H2,1-3H3,(H,21,24). The number of halogens is 1. The molecule has 1 atom stereocenters. The number of sulfonamides is 1. The Bertz CT molecular complexity index is 749. The molecule has 27 heavy (non-hydrogen) atoms. The third-order valence-electron chi connectivity index (χ3n) is 4.90. The molecule has 152 valence electrons. The summed E-state index contributed by atoms with van der Waals surface area (Å²) >= 11 is 6.04. The Morgan fingerprint density at radius 1 is 1.30 bits per heavy atom. The zero-order valence-corrected chi connectivity index (χ0v) is 17.9. The summed E-state index contributed by atoms with van der Waals surface area (Å²) < 4.78 is 25.9. The maximum atomic E-state index is 12.6. The highest BCUT2D eigenvalue weighted by molar-refractivity contribution is 7.92. The molecule has 1 aromatic carbocycles. The predicted molar refractivity (Wildman–Crippen MR) is 111 cm³/mol. The Kier molecular flexibility index (Phi) is 7.94. The van der Waals surface area contributed by atoms with Crippen molar-refractivity contribution < 1.29 is 13.2 Å². The number of rotatable bonds is 8. The van der Waals surface area contributed by atoms with Crippen LogP contribution in [0.25, 0.3) is 0 Å². The molecule has 0 aromatic heterocycles. The van der Waals surface area contributed by atoms with Crippen molar-refractivity contribution in [2.24, 2.45) is 0 Å². The van der Waals surface area contributed by atoms with Gasteiger partial charge in [0.25, 0.3) is 0 Å². The highest BCUT2D eigenvalue weighted by Gasteiger charge is 2.30. The number of anilines is 1. The first-order valence-corrected chi connectivity index (χ1v) is 11.7. The normalized spacial score (nSPS) is 16.7. The fraction of sp³-hybridized carbons (Fsp3) is 0.632.